The molecule has 3 aromatic carbocycles. The summed E-state index contributed by atoms with van der Waals surface area (Å²) < 4.78 is 0. The van der Waals surface area contributed by atoms with Crippen molar-refractivity contribution in [2.75, 3.05) is 30.8 Å². The first-order valence-corrected chi connectivity index (χ1v) is 11.2. The van der Waals surface area contributed by atoms with Gasteiger partial charge in [-0.2, -0.15) is 0 Å². The van der Waals surface area contributed by atoms with Gasteiger partial charge in [0, 0.05) is 24.8 Å². The molecule has 7 heteroatoms. The lowest BCUT2D eigenvalue weighted by atomic mass is 9.96. The third-order valence-electron chi connectivity index (χ3n) is 5.79. The number of hydrogen-bond acceptors (Lipinski definition) is 3. The average Bonchev–Trinajstić information content (AvgIpc) is 2.80. The van der Waals surface area contributed by atoms with Crippen molar-refractivity contribution >= 4 is 53.7 Å². The summed E-state index contributed by atoms with van der Waals surface area (Å²) in [6.07, 6.45) is 3.79. The van der Waals surface area contributed by atoms with Gasteiger partial charge in [0.05, 0.1) is 10.7 Å². The van der Waals surface area contributed by atoms with Crippen LogP contribution in [0, 0.1) is 0 Å². The number of benzene rings is 3. The number of carbonyl (C=O) groups excluding carboxylic acids is 1. The molecule has 1 saturated heterocycles. The van der Waals surface area contributed by atoms with E-state index in [0.717, 1.165) is 25.3 Å². The van der Waals surface area contributed by atoms with Gasteiger partial charge in [-0.1, -0.05) is 54.4 Å². The van der Waals surface area contributed by atoms with E-state index in [0.29, 0.717) is 16.3 Å². The first kappa shape index (κ1) is 27.0. The molecule has 33 heavy (non-hydrogen) atoms. The number of likely N-dealkylation sites (tertiary alicyclic amines) is 1. The van der Waals surface area contributed by atoms with Crippen LogP contribution in [0.2, 0.25) is 5.02 Å². The molecule has 0 unspecified atom stereocenters. The van der Waals surface area contributed by atoms with Gasteiger partial charge in [-0.05, 0) is 73.0 Å². The van der Waals surface area contributed by atoms with Crippen molar-refractivity contribution in [2.24, 2.45) is 0 Å². The Morgan fingerprint density at radius 1 is 0.939 bits per heavy atom. The zero-order valence-electron chi connectivity index (χ0n) is 18.6. The van der Waals surface area contributed by atoms with Crippen molar-refractivity contribution in [1.29, 1.82) is 0 Å². The fourth-order valence-electron chi connectivity index (χ4n) is 4.12. The lowest BCUT2D eigenvalue weighted by Crippen LogP contribution is -2.29. The largest absolute Gasteiger partial charge is 0.387 e. The van der Waals surface area contributed by atoms with Gasteiger partial charge in [-0.15, -0.1) is 24.8 Å². The lowest BCUT2D eigenvalue weighted by molar-refractivity contribution is 0.102. The first-order valence-electron chi connectivity index (χ1n) is 10.8. The number of amides is 1. The Hall–Kier alpha value is -2.24. The number of piperidine rings is 1. The van der Waals surface area contributed by atoms with E-state index in [1.807, 2.05) is 37.4 Å². The van der Waals surface area contributed by atoms with Gasteiger partial charge in [-0.3, -0.25) is 9.69 Å². The highest BCUT2D eigenvalue weighted by Gasteiger charge is 2.16. The Kier molecular flexibility index (Phi) is 10.5. The molecular weight excluding hydrogens is 477 g/mol. The van der Waals surface area contributed by atoms with Crippen LogP contribution < -0.4 is 10.6 Å². The zero-order chi connectivity index (χ0) is 21.6. The Labute approximate surface area is 213 Å². The molecule has 0 atom stereocenters. The van der Waals surface area contributed by atoms with Crippen molar-refractivity contribution in [3.8, 4) is 11.1 Å². The van der Waals surface area contributed by atoms with Crippen LogP contribution in [0.5, 0.6) is 0 Å². The number of nitrogens with one attached hydrogen (secondary N) is 2. The van der Waals surface area contributed by atoms with Crippen LogP contribution in [0.1, 0.15) is 35.2 Å². The van der Waals surface area contributed by atoms with Gasteiger partial charge in [0.25, 0.3) is 5.91 Å². The molecular formula is C26H30Cl3N3O. The molecule has 0 aromatic heterocycles. The summed E-state index contributed by atoms with van der Waals surface area (Å²) in [5.41, 5.74) is 5.71. The lowest BCUT2D eigenvalue weighted by Gasteiger charge is -2.27. The maximum Gasteiger partial charge on any atom is 0.255 e. The minimum absolute atomic E-state index is 0. The summed E-state index contributed by atoms with van der Waals surface area (Å²) in [5.74, 6) is -0.132. The minimum atomic E-state index is -0.132. The van der Waals surface area contributed by atoms with Crippen LogP contribution in [0.4, 0.5) is 11.4 Å². The standard InChI is InChI=1S/C26H28ClN3O.2ClH/c1-28-25-13-11-22(17-24(25)27)29-26(31)20-10-12-23(19-8-4-2-5-9-19)21(16-20)18-30-14-6-3-7-15-30;;/h2,4-5,8-13,16-17,28H,3,6-7,14-15,18H2,1H3,(H,29,31);2*1H. The van der Waals surface area contributed by atoms with Gasteiger partial charge in [0.15, 0.2) is 0 Å². The Morgan fingerprint density at radius 3 is 2.33 bits per heavy atom. The molecule has 0 saturated carbocycles. The number of halogens is 3. The molecule has 2 N–H and O–H groups in total. The molecule has 1 aliphatic heterocycles. The summed E-state index contributed by atoms with van der Waals surface area (Å²) in [5, 5.41) is 6.58. The van der Waals surface area contributed by atoms with E-state index < -0.39 is 0 Å². The van der Waals surface area contributed by atoms with E-state index in [1.165, 1.54) is 36.0 Å². The van der Waals surface area contributed by atoms with Crippen molar-refractivity contribution in [1.82, 2.24) is 4.90 Å². The molecule has 4 nitrogen and oxygen atoms in total. The first-order chi connectivity index (χ1) is 15.1. The van der Waals surface area contributed by atoms with Gasteiger partial charge in [0.2, 0.25) is 0 Å². The predicted molar refractivity (Wildman–Crippen MR) is 144 cm³/mol. The van der Waals surface area contributed by atoms with E-state index >= 15 is 0 Å². The number of hydrogen-bond donors (Lipinski definition) is 2. The Balaban J connectivity index is 0.00000193. The summed E-state index contributed by atoms with van der Waals surface area (Å²) >= 11 is 6.26. The second-order valence-electron chi connectivity index (χ2n) is 7.97. The second-order valence-corrected chi connectivity index (χ2v) is 8.38. The van der Waals surface area contributed by atoms with Crippen LogP contribution in [0.15, 0.2) is 66.7 Å². The van der Waals surface area contributed by atoms with E-state index in [9.17, 15) is 4.79 Å². The topological polar surface area (TPSA) is 44.4 Å². The fraction of sp³-hybridized carbons (Fsp3) is 0.269. The van der Waals surface area contributed by atoms with Gasteiger partial charge >= 0.3 is 0 Å². The van der Waals surface area contributed by atoms with Crippen molar-refractivity contribution in [3.63, 3.8) is 0 Å². The molecule has 1 fully saturated rings. The molecule has 3 aromatic rings. The zero-order valence-corrected chi connectivity index (χ0v) is 21.0. The Bertz CT molecular complexity index is 1050. The highest BCUT2D eigenvalue weighted by molar-refractivity contribution is 6.33. The normalized spacial score (nSPS) is 13.4. The number of rotatable bonds is 6. The number of carbonyl (C=O) groups is 1. The highest BCUT2D eigenvalue weighted by Crippen LogP contribution is 2.28. The quantitative estimate of drug-likeness (QED) is 0.374. The molecule has 0 spiro atoms. The molecule has 1 heterocycles. The fourth-order valence-corrected chi connectivity index (χ4v) is 4.40. The van der Waals surface area contributed by atoms with Crippen LogP contribution >= 0.6 is 36.4 Å². The SMILES string of the molecule is CNc1ccc(NC(=O)c2ccc(-c3ccccc3)c(CN3CCCCC3)c2)cc1Cl.Cl.Cl. The van der Waals surface area contributed by atoms with Crippen LogP contribution in [-0.4, -0.2) is 30.9 Å². The number of anilines is 2. The average molecular weight is 507 g/mol. The third kappa shape index (κ3) is 6.87. The summed E-state index contributed by atoms with van der Waals surface area (Å²) in [6.45, 7) is 3.08. The third-order valence-corrected chi connectivity index (χ3v) is 6.10. The minimum Gasteiger partial charge on any atom is -0.387 e. The highest BCUT2D eigenvalue weighted by atomic mass is 35.5. The van der Waals surface area contributed by atoms with Crippen molar-refractivity contribution < 1.29 is 4.79 Å². The maximum atomic E-state index is 13.0. The van der Waals surface area contributed by atoms with Gasteiger partial charge < -0.3 is 10.6 Å². The van der Waals surface area contributed by atoms with E-state index in [-0.39, 0.29) is 30.7 Å². The summed E-state index contributed by atoms with van der Waals surface area (Å²) in [4.78, 5) is 15.5. The Morgan fingerprint density at radius 2 is 1.67 bits per heavy atom. The van der Waals surface area contributed by atoms with Gasteiger partial charge in [-0.25, -0.2) is 0 Å². The monoisotopic (exact) mass is 505 g/mol. The number of nitrogens with zero attached hydrogens (tertiary/aromatic N) is 1. The second kappa shape index (κ2) is 12.9. The van der Waals surface area contributed by atoms with Crippen LogP contribution in [-0.2, 0) is 6.54 Å². The maximum absolute atomic E-state index is 13.0. The predicted octanol–water partition coefficient (Wildman–Crippen LogP) is 7.13. The molecule has 4 rings (SSSR count). The molecule has 0 radical (unpaired) electrons. The van der Waals surface area contributed by atoms with Crippen LogP contribution in [0.25, 0.3) is 11.1 Å². The molecule has 0 bridgehead atoms. The van der Waals surface area contributed by atoms with E-state index in [4.69, 9.17) is 11.6 Å². The summed E-state index contributed by atoms with van der Waals surface area (Å²) in [7, 11) is 1.82. The molecule has 0 aliphatic carbocycles. The smallest absolute Gasteiger partial charge is 0.255 e. The van der Waals surface area contributed by atoms with E-state index in [2.05, 4.69) is 45.9 Å². The van der Waals surface area contributed by atoms with E-state index in [1.54, 1.807) is 6.07 Å². The van der Waals surface area contributed by atoms with Crippen LogP contribution in [0.3, 0.4) is 0 Å². The molecule has 176 valence electrons. The molecule has 1 amide bonds. The summed E-state index contributed by atoms with van der Waals surface area (Å²) in [6, 6.07) is 21.9. The molecule has 1 aliphatic rings. The van der Waals surface area contributed by atoms with Gasteiger partial charge in [0.1, 0.15) is 0 Å². The van der Waals surface area contributed by atoms with Crippen molar-refractivity contribution in [3.05, 3.63) is 82.9 Å². The van der Waals surface area contributed by atoms with Crippen molar-refractivity contribution in [2.45, 2.75) is 25.8 Å².